The van der Waals surface area contributed by atoms with Gasteiger partial charge in [-0.2, -0.15) is 0 Å². The third-order valence-electron chi connectivity index (χ3n) is 3.16. The van der Waals surface area contributed by atoms with Crippen molar-refractivity contribution in [1.29, 1.82) is 0 Å². The van der Waals surface area contributed by atoms with Crippen molar-refractivity contribution in [3.63, 3.8) is 0 Å². The maximum atomic E-state index is 12.2. The molecule has 2 aromatic carbocycles. The van der Waals surface area contributed by atoms with Gasteiger partial charge >= 0.3 is 0 Å². The van der Waals surface area contributed by atoms with Crippen molar-refractivity contribution in [3.05, 3.63) is 54.1 Å². The summed E-state index contributed by atoms with van der Waals surface area (Å²) in [7, 11) is 1.61. The molecule has 0 spiro atoms. The molecule has 2 rings (SSSR count). The summed E-state index contributed by atoms with van der Waals surface area (Å²) in [4.78, 5) is 24.2. The van der Waals surface area contributed by atoms with Gasteiger partial charge in [-0.25, -0.2) is 0 Å². The predicted molar refractivity (Wildman–Crippen MR) is 91.9 cm³/mol. The first-order chi connectivity index (χ1) is 11.0. The van der Waals surface area contributed by atoms with Gasteiger partial charge in [-0.3, -0.25) is 9.59 Å². The van der Waals surface area contributed by atoms with Gasteiger partial charge in [-0.05, 0) is 49.4 Å². The molecule has 1 unspecified atom stereocenters. The first-order valence-corrected chi connectivity index (χ1v) is 7.89. The molecule has 3 N–H and O–H groups in total. The van der Waals surface area contributed by atoms with E-state index in [1.165, 1.54) is 11.8 Å². The lowest BCUT2D eigenvalue weighted by atomic mass is 10.2. The molecule has 0 bridgehead atoms. The Morgan fingerprint density at radius 3 is 2.48 bits per heavy atom. The Balaban J connectivity index is 1.97. The van der Waals surface area contributed by atoms with E-state index in [1.54, 1.807) is 31.4 Å². The van der Waals surface area contributed by atoms with E-state index in [0.717, 1.165) is 10.6 Å². The van der Waals surface area contributed by atoms with Crippen LogP contribution in [-0.4, -0.2) is 24.2 Å². The highest BCUT2D eigenvalue weighted by atomic mass is 32.2. The Kier molecular flexibility index (Phi) is 5.65. The molecule has 0 fully saturated rings. The first kappa shape index (κ1) is 16.9. The quantitative estimate of drug-likeness (QED) is 0.798. The van der Waals surface area contributed by atoms with Crippen LogP contribution < -0.4 is 15.8 Å². The molecular weight excluding hydrogens is 312 g/mol. The van der Waals surface area contributed by atoms with Gasteiger partial charge in [-0.15, -0.1) is 11.8 Å². The maximum absolute atomic E-state index is 12.2. The normalized spacial score (nSPS) is 11.6. The van der Waals surface area contributed by atoms with E-state index in [2.05, 4.69) is 5.32 Å². The van der Waals surface area contributed by atoms with E-state index in [1.807, 2.05) is 31.2 Å². The number of anilines is 1. The fourth-order valence-corrected chi connectivity index (χ4v) is 2.81. The molecule has 0 saturated heterocycles. The predicted octanol–water partition coefficient (Wildman–Crippen LogP) is 2.91. The number of ether oxygens (including phenoxy) is 1. The highest BCUT2D eigenvalue weighted by molar-refractivity contribution is 8.00. The van der Waals surface area contributed by atoms with Crippen molar-refractivity contribution < 1.29 is 14.3 Å². The van der Waals surface area contributed by atoms with Crippen LogP contribution in [0.1, 0.15) is 17.3 Å². The van der Waals surface area contributed by atoms with Crippen molar-refractivity contribution in [2.75, 3.05) is 12.4 Å². The molecule has 6 heteroatoms. The number of thioether (sulfide) groups is 1. The highest BCUT2D eigenvalue weighted by Crippen LogP contribution is 2.27. The topological polar surface area (TPSA) is 81.4 Å². The van der Waals surface area contributed by atoms with Crippen LogP contribution in [0.5, 0.6) is 5.75 Å². The standard InChI is InChI=1S/C17H18N2O3S/c1-11(23-15-5-3-4-14(10-15)22-2)17(21)19-13-8-6-12(7-9-13)16(18)20/h3-11H,1-2H3,(H2,18,20)(H,19,21). The Labute approximate surface area is 139 Å². The molecule has 0 aromatic heterocycles. The molecule has 2 aromatic rings. The zero-order valence-electron chi connectivity index (χ0n) is 12.9. The number of methoxy groups -OCH3 is 1. The fourth-order valence-electron chi connectivity index (χ4n) is 1.89. The Hall–Kier alpha value is -2.47. The van der Waals surface area contributed by atoms with Gasteiger partial charge in [0.05, 0.1) is 12.4 Å². The molecule has 1 atom stereocenters. The number of amides is 2. The fraction of sp³-hybridized carbons (Fsp3) is 0.176. The average molecular weight is 330 g/mol. The summed E-state index contributed by atoms with van der Waals surface area (Å²) in [5, 5.41) is 2.53. The van der Waals surface area contributed by atoms with Crippen molar-refractivity contribution in [1.82, 2.24) is 0 Å². The van der Waals surface area contributed by atoms with E-state index in [9.17, 15) is 9.59 Å². The summed E-state index contributed by atoms with van der Waals surface area (Å²) in [5.74, 6) is 0.138. The second-order valence-corrected chi connectivity index (χ2v) is 6.28. The molecule has 2 amide bonds. The van der Waals surface area contributed by atoms with E-state index < -0.39 is 5.91 Å². The van der Waals surface area contributed by atoms with Crippen LogP contribution in [0.25, 0.3) is 0 Å². The third-order valence-corrected chi connectivity index (χ3v) is 4.25. The van der Waals surface area contributed by atoms with Crippen molar-refractivity contribution in [3.8, 4) is 5.75 Å². The molecular formula is C17H18N2O3S. The lowest BCUT2D eigenvalue weighted by Gasteiger charge is -2.12. The number of primary amides is 1. The van der Waals surface area contributed by atoms with Gasteiger partial charge in [0.2, 0.25) is 11.8 Å². The van der Waals surface area contributed by atoms with Crippen LogP contribution in [0.3, 0.4) is 0 Å². The zero-order valence-corrected chi connectivity index (χ0v) is 13.7. The number of nitrogens with two attached hydrogens (primary N) is 1. The second kappa shape index (κ2) is 7.69. The monoisotopic (exact) mass is 330 g/mol. The average Bonchev–Trinajstić information content (AvgIpc) is 2.55. The molecule has 0 aliphatic rings. The van der Waals surface area contributed by atoms with Crippen LogP contribution in [0.15, 0.2) is 53.4 Å². The van der Waals surface area contributed by atoms with E-state index in [0.29, 0.717) is 11.3 Å². The second-order valence-electron chi connectivity index (χ2n) is 4.87. The van der Waals surface area contributed by atoms with Crippen LogP contribution in [0.2, 0.25) is 0 Å². The Morgan fingerprint density at radius 2 is 1.87 bits per heavy atom. The van der Waals surface area contributed by atoms with E-state index >= 15 is 0 Å². The Morgan fingerprint density at radius 1 is 1.17 bits per heavy atom. The lowest BCUT2D eigenvalue weighted by Crippen LogP contribution is -2.22. The van der Waals surface area contributed by atoms with Crippen LogP contribution >= 0.6 is 11.8 Å². The number of benzene rings is 2. The molecule has 23 heavy (non-hydrogen) atoms. The lowest BCUT2D eigenvalue weighted by molar-refractivity contribution is -0.115. The van der Waals surface area contributed by atoms with E-state index in [-0.39, 0.29) is 11.2 Å². The van der Waals surface area contributed by atoms with Gasteiger partial charge in [-0.1, -0.05) is 6.07 Å². The SMILES string of the molecule is COc1cccc(SC(C)C(=O)Nc2ccc(C(N)=O)cc2)c1. The zero-order chi connectivity index (χ0) is 16.8. The summed E-state index contributed by atoms with van der Waals surface area (Å²) >= 11 is 1.44. The van der Waals surface area contributed by atoms with E-state index in [4.69, 9.17) is 10.5 Å². The van der Waals surface area contributed by atoms with Gasteiger partial charge < -0.3 is 15.8 Å². The van der Waals surface area contributed by atoms with Crippen molar-refractivity contribution >= 4 is 29.3 Å². The number of rotatable bonds is 6. The summed E-state index contributed by atoms with van der Waals surface area (Å²) in [6.45, 7) is 1.83. The molecule has 5 nitrogen and oxygen atoms in total. The number of nitrogens with one attached hydrogen (secondary N) is 1. The molecule has 0 aliphatic heterocycles. The van der Waals surface area contributed by atoms with Gasteiger partial charge in [0.15, 0.2) is 0 Å². The number of hydrogen-bond donors (Lipinski definition) is 2. The molecule has 0 heterocycles. The number of carbonyl (C=O) groups is 2. The highest BCUT2D eigenvalue weighted by Gasteiger charge is 2.15. The molecule has 0 aliphatic carbocycles. The number of carbonyl (C=O) groups excluding carboxylic acids is 2. The summed E-state index contributed by atoms with van der Waals surface area (Å²) in [6, 6.07) is 14.0. The summed E-state index contributed by atoms with van der Waals surface area (Å²) in [5.41, 5.74) is 6.21. The van der Waals surface area contributed by atoms with Crippen LogP contribution in [-0.2, 0) is 4.79 Å². The maximum Gasteiger partial charge on any atom is 0.248 e. The summed E-state index contributed by atoms with van der Waals surface area (Å²) in [6.07, 6.45) is 0. The Bertz CT molecular complexity index is 701. The van der Waals surface area contributed by atoms with Crippen LogP contribution in [0.4, 0.5) is 5.69 Å². The minimum atomic E-state index is -0.496. The largest absolute Gasteiger partial charge is 0.497 e. The molecule has 120 valence electrons. The van der Waals surface area contributed by atoms with Gasteiger partial charge in [0.1, 0.15) is 5.75 Å². The van der Waals surface area contributed by atoms with Gasteiger partial charge in [0.25, 0.3) is 0 Å². The number of hydrogen-bond acceptors (Lipinski definition) is 4. The van der Waals surface area contributed by atoms with Crippen molar-refractivity contribution in [2.24, 2.45) is 5.73 Å². The smallest absolute Gasteiger partial charge is 0.248 e. The van der Waals surface area contributed by atoms with Gasteiger partial charge in [0, 0.05) is 16.1 Å². The molecule has 0 radical (unpaired) electrons. The minimum Gasteiger partial charge on any atom is -0.497 e. The third kappa shape index (κ3) is 4.75. The molecule has 0 saturated carbocycles. The minimum absolute atomic E-state index is 0.121. The van der Waals surface area contributed by atoms with Crippen molar-refractivity contribution in [2.45, 2.75) is 17.1 Å². The summed E-state index contributed by atoms with van der Waals surface area (Å²) < 4.78 is 5.17. The van der Waals surface area contributed by atoms with Crippen LogP contribution in [0, 0.1) is 0 Å². The first-order valence-electron chi connectivity index (χ1n) is 7.01.